The highest BCUT2D eigenvalue weighted by Crippen LogP contribution is 2.32. The fourth-order valence-corrected chi connectivity index (χ4v) is 2.45. The third-order valence-electron chi connectivity index (χ3n) is 3.53. The Labute approximate surface area is 126 Å². The molecule has 2 rings (SSSR count). The van der Waals surface area contributed by atoms with Crippen molar-refractivity contribution < 1.29 is 17.9 Å². The first-order chi connectivity index (χ1) is 9.88. The van der Waals surface area contributed by atoms with Gasteiger partial charge in [-0.05, 0) is 37.0 Å². The second-order valence-corrected chi connectivity index (χ2v) is 5.50. The molecule has 1 fully saturated rings. The van der Waals surface area contributed by atoms with Gasteiger partial charge in [0.05, 0.1) is 5.56 Å². The molecular weight excluding hydrogens is 301 g/mol. The van der Waals surface area contributed by atoms with Crippen molar-refractivity contribution in [1.29, 1.82) is 0 Å². The third kappa shape index (κ3) is 4.31. The summed E-state index contributed by atoms with van der Waals surface area (Å²) < 4.78 is 43.4. The van der Waals surface area contributed by atoms with Crippen LogP contribution >= 0.6 is 12.2 Å². The molecule has 1 aromatic carbocycles. The summed E-state index contributed by atoms with van der Waals surface area (Å²) in [6.45, 7) is 2.12. The molecule has 7 heteroatoms. The van der Waals surface area contributed by atoms with Gasteiger partial charge in [-0.15, -0.1) is 0 Å². The van der Waals surface area contributed by atoms with Crippen LogP contribution in [0.25, 0.3) is 0 Å². The van der Waals surface area contributed by atoms with Crippen LogP contribution in [-0.4, -0.2) is 24.7 Å². The molecule has 0 unspecified atom stereocenters. The van der Waals surface area contributed by atoms with Crippen LogP contribution < -0.4 is 11.1 Å². The summed E-state index contributed by atoms with van der Waals surface area (Å²) in [5.74, 6) is 0.445. The summed E-state index contributed by atoms with van der Waals surface area (Å²) >= 11 is 4.85. The molecule has 3 N–H and O–H groups in total. The first-order valence-electron chi connectivity index (χ1n) is 6.70. The van der Waals surface area contributed by atoms with Crippen LogP contribution in [0.2, 0.25) is 0 Å². The lowest BCUT2D eigenvalue weighted by Crippen LogP contribution is -2.24. The maximum atomic E-state index is 12.7. The zero-order valence-electron chi connectivity index (χ0n) is 11.4. The number of thiocarbonyl (C=S) groups is 1. The number of hydrogen-bond donors (Lipinski definition) is 2. The second-order valence-electron chi connectivity index (χ2n) is 5.06. The minimum absolute atomic E-state index is 0.0458. The van der Waals surface area contributed by atoms with E-state index in [1.54, 1.807) is 0 Å². The maximum absolute atomic E-state index is 12.7. The highest BCUT2D eigenvalue weighted by molar-refractivity contribution is 7.80. The molecule has 0 amide bonds. The van der Waals surface area contributed by atoms with E-state index in [1.807, 2.05) is 0 Å². The lowest BCUT2D eigenvalue weighted by atomic mass is 10.00. The molecule has 3 nitrogen and oxygen atoms in total. The summed E-state index contributed by atoms with van der Waals surface area (Å²) in [5.41, 5.74) is 5.56. The van der Waals surface area contributed by atoms with Crippen molar-refractivity contribution >= 4 is 22.9 Å². The number of alkyl halides is 3. The predicted molar refractivity (Wildman–Crippen MR) is 79.4 cm³/mol. The Morgan fingerprint density at radius 3 is 2.57 bits per heavy atom. The molecule has 0 atom stereocenters. The summed E-state index contributed by atoms with van der Waals surface area (Å²) in [5, 5.41) is 3.15. The number of hydrogen-bond acceptors (Lipinski definition) is 3. The minimum atomic E-state index is -4.40. The van der Waals surface area contributed by atoms with Gasteiger partial charge in [0.15, 0.2) is 0 Å². The summed E-state index contributed by atoms with van der Waals surface area (Å²) in [4.78, 5) is -0.0458. The van der Waals surface area contributed by atoms with Gasteiger partial charge in [0.1, 0.15) is 4.99 Å². The van der Waals surface area contributed by atoms with E-state index < -0.39 is 11.7 Å². The van der Waals surface area contributed by atoms with Gasteiger partial charge in [0.25, 0.3) is 0 Å². The van der Waals surface area contributed by atoms with Crippen molar-refractivity contribution in [2.45, 2.75) is 19.0 Å². The largest absolute Gasteiger partial charge is 0.416 e. The van der Waals surface area contributed by atoms with Gasteiger partial charge in [0, 0.05) is 31.0 Å². The molecule has 0 aromatic heterocycles. The van der Waals surface area contributed by atoms with Gasteiger partial charge >= 0.3 is 6.18 Å². The van der Waals surface area contributed by atoms with Crippen LogP contribution in [0.1, 0.15) is 24.0 Å². The quantitative estimate of drug-likeness (QED) is 0.837. The van der Waals surface area contributed by atoms with Gasteiger partial charge in [-0.3, -0.25) is 0 Å². The van der Waals surface area contributed by atoms with Gasteiger partial charge in [-0.1, -0.05) is 12.2 Å². The van der Waals surface area contributed by atoms with Gasteiger partial charge in [-0.2, -0.15) is 13.2 Å². The van der Waals surface area contributed by atoms with E-state index in [2.05, 4.69) is 5.32 Å². The Kier molecular flexibility index (Phi) is 5.05. The van der Waals surface area contributed by atoms with Crippen LogP contribution in [-0.2, 0) is 10.9 Å². The standard InChI is InChI=1S/C14H17F3N2OS/c15-14(16,17)10-1-2-12(11(7-10)13(18)21)19-8-9-3-5-20-6-4-9/h1-2,7,9,19H,3-6,8H2,(H2,18,21). The Balaban J connectivity index is 2.12. The second kappa shape index (κ2) is 6.62. The minimum Gasteiger partial charge on any atom is -0.389 e. The smallest absolute Gasteiger partial charge is 0.389 e. The molecule has 0 radical (unpaired) electrons. The number of rotatable bonds is 4. The lowest BCUT2D eigenvalue weighted by Gasteiger charge is -2.23. The lowest BCUT2D eigenvalue weighted by molar-refractivity contribution is -0.137. The molecule has 0 spiro atoms. The normalized spacial score (nSPS) is 16.7. The van der Waals surface area contributed by atoms with Crippen LogP contribution in [0, 0.1) is 5.92 Å². The third-order valence-corrected chi connectivity index (χ3v) is 3.75. The zero-order chi connectivity index (χ0) is 15.5. The molecule has 0 bridgehead atoms. The van der Waals surface area contributed by atoms with Gasteiger partial charge < -0.3 is 15.8 Å². The van der Waals surface area contributed by atoms with E-state index in [9.17, 15) is 13.2 Å². The molecule has 0 saturated carbocycles. The number of ether oxygens (including phenoxy) is 1. The Morgan fingerprint density at radius 2 is 2.00 bits per heavy atom. The van der Waals surface area contributed by atoms with Crippen molar-refractivity contribution in [1.82, 2.24) is 0 Å². The van der Waals surface area contributed by atoms with Crippen molar-refractivity contribution in [2.24, 2.45) is 11.7 Å². The molecule has 21 heavy (non-hydrogen) atoms. The first-order valence-corrected chi connectivity index (χ1v) is 7.11. The molecule has 1 heterocycles. The van der Waals surface area contributed by atoms with E-state index in [0.29, 0.717) is 18.2 Å². The van der Waals surface area contributed by atoms with Crippen LogP contribution in [0.3, 0.4) is 0 Å². The highest BCUT2D eigenvalue weighted by Gasteiger charge is 2.31. The van der Waals surface area contributed by atoms with E-state index in [-0.39, 0.29) is 10.6 Å². The average molecular weight is 318 g/mol. The van der Waals surface area contributed by atoms with Crippen molar-refractivity contribution in [3.05, 3.63) is 29.3 Å². The number of benzene rings is 1. The predicted octanol–water partition coefficient (Wildman–Crippen LogP) is 3.18. The van der Waals surface area contributed by atoms with Gasteiger partial charge in [0.2, 0.25) is 0 Å². The Morgan fingerprint density at radius 1 is 1.33 bits per heavy atom. The molecule has 1 aromatic rings. The number of anilines is 1. The maximum Gasteiger partial charge on any atom is 0.416 e. The van der Waals surface area contributed by atoms with Crippen LogP contribution in [0.15, 0.2) is 18.2 Å². The summed E-state index contributed by atoms with van der Waals surface area (Å²) in [6, 6.07) is 3.42. The van der Waals surface area contributed by atoms with E-state index in [1.165, 1.54) is 6.07 Å². The molecular formula is C14H17F3N2OS. The Hall–Kier alpha value is -1.34. The van der Waals surface area contributed by atoms with E-state index in [4.69, 9.17) is 22.7 Å². The zero-order valence-corrected chi connectivity index (χ0v) is 12.2. The molecule has 0 aliphatic carbocycles. The number of halogens is 3. The first kappa shape index (κ1) is 16.0. The van der Waals surface area contributed by atoms with E-state index in [0.717, 1.165) is 38.2 Å². The monoisotopic (exact) mass is 318 g/mol. The Bertz CT molecular complexity index is 513. The number of nitrogens with one attached hydrogen (secondary N) is 1. The summed E-state index contributed by atoms with van der Waals surface area (Å²) in [6.07, 6.45) is -2.52. The van der Waals surface area contributed by atoms with Crippen molar-refractivity contribution in [3.63, 3.8) is 0 Å². The molecule has 1 aliphatic rings. The fourth-order valence-electron chi connectivity index (χ4n) is 2.28. The van der Waals surface area contributed by atoms with Crippen molar-refractivity contribution in [2.75, 3.05) is 25.1 Å². The van der Waals surface area contributed by atoms with Crippen molar-refractivity contribution in [3.8, 4) is 0 Å². The molecule has 1 aliphatic heterocycles. The van der Waals surface area contributed by atoms with E-state index >= 15 is 0 Å². The topological polar surface area (TPSA) is 47.3 Å². The van der Waals surface area contributed by atoms with Crippen LogP contribution in [0.5, 0.6) is 0 Å². The SMILES string of the molecule is NC(=S)c1cc(C(F)(F)F)ccc1NCC1CCOCC1. The highest BCUT2D eigenvalue weighted by atomic mass is 32.1. The fraction of sp³-hybridized carbons (Fsp3) is 0.500. The average Bonchev–Trinajstić information content (AvgIpc) is 2.45. The molecule has 1 saturated heterocycles. The van der Waals surface area contributed by atoms with Crippen LogP contribution in [0.4, 0.5) is 18.9 Å². The summed E-state index contributed by atoms with van der Waals surface area (Å²) in [7, 11) is 0. The number of nitrogens with two attached hydrogens (primary N) is 1. The van der Waals surface area contributed by atoms with Gasteiger partial charge in [-0.25, -0.2) is 0 Å². The molecule has 116 valence electrons.